The zero-order valence-electron chi connectivity index (χ0n) is 12.1. The van der Waals surface area contributed by atoms with E-state index in [9.17, 15) is 8.42 Å². The van der Waals surface area contributed by atoms with Crippen LogP contribution in [0.1, 0.15) is 33.6 Å². The number of para-hydroxylation sites is 1. The Morgan fingerprint density at radius 2 is 1.84 bits per heavy atom. The Labute approximate surface area is 116 Å². The minimum Gasteiger partial charge on any atom is -0.381 e. The zero-order chi connectivity index (χ0) is 14.5. The molecule has 0 aromatic heterocycles. The van der Waals surface area contributed by atoms with Gasteiger partial charge < -0.3 is 5.32 Å². The largest absolute Gasteiger partial charge is 0.381 e. The van der Waals surface area contributed by atoms with Crippen molar-refractivity contribution in [1.82, 2.24) is 4.72 Å². The monoisotopic (exact) mass is 284 g/mol. The molecule has 108 valence electrons. The average molecular weight is 284 g/mol. The van der Waals surface area contributed by atoms with Gasteiger partial charge >= 0.3 is 0 Å². The van der Waals surface area contributed by atoms with Gasteiger partial charge in [-0.25, -0.2) is 13.1 Å². The Bertz CT molecular complexity index is 500. The average Bonchev–Trinajstić information content (AvgIpc) is 2.38. The van der Waals surface area contributed by atoms with Crippen LogP contribution >= 0.6 is 0 Å². The van der Waals surface area contributed by atoms with Crippen molar-refractivity contribution in [3.63, 3.8) is 0 Å². The molecule has 1 aromatic rings. The molecule has 2 N–H and O–H groups in total. The van der Waals surface area contributed by atoms with Crippen LogP contribution in [-0.4, -0.2) is 21.5 Å². The highest BCUT2D eigenvalue weighted by Crippen LogP contribution is 2.22. The van der Waals surface area contributed by atoms with Gasteiger partial charge in [0.2, 0.25) is 10.0 Å². The maximum atomic E-state index is 11.9. The van der Waals surface area contributed by atoms with Gasteiger partial charge in [0, 0.05) is 6.04 Å². The Kier molecular flexibility index (Phi) is 5.82. The van der Waals surface area contributed by atoms with Crippen LogP contribution in [0, 0.1) is 5.92 Å². The molecule has 0 aliphatic rings. The molecule has 1 aromatic carbocycles. The summed E-state index contributed by atoms with van der Waals surface area (Å²) in [7, 11) is -2.00. The molecule has 0 heterocycles. The van der Waals surface area contributed by atoms with E-state index < -0.39 is 10.0 Å². The lowest BCUT2D eigenvalue weighted by Gasteiger charge is -2.20. The van der Waals surface area contributed by atoms with Crippen molar-refractivity contribution in [3.8, 4) is 0 Å². The van der Waals surface area contributed by atoms with Crippen LogP contribution in [0.2, 0.25) is 0 Å². The van der Waals surface area contributed by atoms with Gasteiger partial charge in [-0.3, -0.25) is 0 Å². The number of rotatable bonds is 7. The summed E-state index contributed by atoms with van der Waals surface area (Å²) in [6.45, 7) is 6.44. The van der Waals surface area contributed by atoms with Gasteiger partial charge in [0.1, 0.15) is 4.90 Å². The van der Waals surface area contributed by atoms with Crippen molar-refractivity contribution in [2.75, 3.05) is 12.4 Å². The van der Waals surface area contributed by atoms with Crippen LogP contribution in [0.4, 0.5) is 5.69 Å². The number of nitrogens with one attached hydrogen (secondary N) is 2. The van der Waals surface area contributed by atoms with Crippen molar-refractivity contribution >= 4 is 15.7 Å². The summed E-state index contributed by atoms with van der Waals surface area (Å²) in [5.74, 6) is 0.621. The molecule has 0 aliphatic carbocycles. The van der Waals surface area contributed by atoms with Gasteiger partial charge in [0.25, 0.3) is 0 Å². The van der Waals surface area contributed by atoms with Gasteiger partial charge in [-0.05, 0) is 38.4 Å². The lowest BCUT2D eigenvalue weighted by atomic mass is 10.0. The molecule has 0 radical (unpaired) electrons. The summed E-state index contributed by atoms with van der Waals surface area (Å²) in [5.41, 5.74) is 0.660. The molecule has 1 rings (SSSR count). The van der Waals surface area contributed by atoms with Crippen LogP contribution in [0.3, 0.4) is 0 Å². The predicted molar refractivity (Wildman–Crippen MR) is 79.8 cm³/mol. The SMILES string of the molecule is CCC(C)CC(C)Nc1ccccc1S(=O)(=O)NC. The van der Waals surface area contributed by atoms with Crippen molar-refractivity contribution in [2.45, 2.75) is 44.6 Å². The van der Waals surface area contributed by atoms with E-state index in [1.165, 1.54) is 7.05 Å². The lowest BCUT2D eigenvalue weighted by Crippen LogP contribution is -2.23. The molecule has 0 fully saturated rings. The highest BCUT2D eigenvalue weighted by molar-refractivity contribution is 7.89. The number of hydrogen-bond acceptors (Lipinski definition) is 3. The third-order valence-corrected chi connectivity index (χ3v) is 4.77. The maximum absolute atomic E-state index is 11.9. The molecule has 0 bridgehead atoms. The van der Waals surface area contributed by atoms with Gasteiger partial charge in [-0.1, -0.05) is 32.4 Å². The fourth-order valence-electron chi connectivity index (χ4n) is 2.02. The minimum atomic E-state index is -3.42. The van der Waals surface area contributed by atoms with E-state index in [1.807, 2.05) is 6.07 Å². The Morgan fingerprint density at radius 3 is 2.42 bits per heavy atom. The predicted octanol–water partition coefficient (Wildman–Crippen LogP) is 2.83. The third-order valence-electron chi connectivity index (χ3n) is 3.30. The zero-order valence-corrected chi connectivity index (χ0v) is 12.9. The van der Waals surface area contributed by atoms with Gasteiger partial charge in [-0.15, -0.1) is 0 Å². The summed E-state index contributed by atoms with van der Waals surface area (Å²) in [6, 6.07) is 7.23. The minimum absolute atomic E-state index is 0.239. The molecule has 2 unspecified atom stereocenters. The number of benzene rings is 1. The standard InChI is InChI=1S/C14H24N2O2S/c1-5-11(2)10-12(3)16-13-8-6-7-9-14(13)19(17,18)15-4/h6-9,11-12,15-16H,5,10H2,1-4H3. The van der Waals surface area contributed by atoms with E-state index >= 15 is 0 Å². The van der Waals surface area contributed by atoms with Gasteiger partial charge in [-0.2, -0.15) is 0 Å². The fraction of sp³-hybridized carbons (Fsp3) is 0.571. The van der Waals surface area contributed by atoms with Gasteiger partial charge in [0.05, 0.1) is 5.69 Å². The second-order valence-corrected chi connectivity index (χ2v) is 6.85. The number of anilines is 1. The summed E-state index contributed by atoms with van der Waals surface area (Å²) in [6.07, 6.45) is 2.15. The summed E-state index contributed by atoms with van der Waals surface area (Å²) >= 11 is 0. The fourth-order valence-corrected chi connectivity index (χ4v) is 2.92. The molecule has 5 heteroatoms. The summed E-state index contributed by atoms with van der Waals surface area (Å²) in [4.78, 5) is 0.300. The first kappa shape index (κ1) is 16.0. The van der Waals surface area contributed by atoms with Crippen molar-refractivity contribution in [2.24, 2.45) is 5.92 Å². The molecular formula is C14H24N2O2S. The highest BCUT2D eigenvalue weighted by Gasteiger charge is 2.17. The topological polar surface area (TPSA) is 58.2 Å². The first-order chi connectivity index (χ1) is 8.90. The molecule has 0 aliphatic heterocycles. The van der Waals surface area contributed by atoms with Crippen LogP contribution in [0.5, 0.6) is 0 Å². The first-order valence-corrected chi connectivity index (χ1v) is 8.18. The van der Waals surface area contributed by atoms with Gasteiger partial charge in [0.15, 0.2) is 0 Å². The van der Waals surface area contributed by atoms with Crippen molar-refractivity contribution in [1.29, 1.82) is 0 Å². The van der Waals surface area contributed by atoms with E-state index in [2.05, 4.69) is 30.8 Å². The normalized spacial score (nSPS) is 14.9. The van der Waals surface area contributed by atoms with E-state index in [1.54, 1.807) is 18.2 Å². The van der Waals surface area contributed by atoms with Crippen LogP contribution in [-0.2, 0) is 10.0 Å². The van der Waals surface area contributed by atoms with Crippen LogP contribution < -0.4 is 10.0 Å². The van der Waals surface area contributed by atoms with E-state index in [4.69, 9.17) is 0 Å². The van der Waals surface area contributed by atoms with E-state index in [0.29, 0.717) is 16.5 Å². The van der Waals surface area contributed by atoms with E-state index in [0.717, 1.165) is 12.8 Å². The number of sulfonamides is 1. The van der Waals surface area contributed by atoms with Crippen LogP contribution in [0.15, 0.2) is 29.2 Å². The molecule has 0 spiro atoms. The molecule has 0 saturated heterocycles. The summed E-state index contributed by atoms with van der Waals surface area (Å²) < 4.78 is 26.2. The Hall–Kier alpha value is -1.07. The smallest absolute Gasteiger partial charge is 0.242 e. The molecule has 0 saturated carbocycles. The highest BCUT2D eigenvalue weighted by atomic mass is 32.2. The third kappa shape index (κ3) is 4.51. The van der Waals surface area contributed by atoms with Crippen molar-refractivity contribution in [3.05, 3.63) is 24.3 Å². The Morgan fingerprint density at radius 1 is 1.21 bits per heavy atom. The maximum Gasteiger partial charge on any atom is 0.242 e. The Balaban J connectivity index is 2.90. The second-order valence-electron chi connectivity index (χ2n) is 5.00. The molecular weight excluding hydrogens is 260 g/mol. The molecule has 0 amide bonds. The lowest BCUT2D eigenvalue weighted by molar-refractivity contribution is 0.483. The quantitative estimate of drug-likeness (QED) is 0.809. The molecule has 2 atom stereocenters. The summed E-state index contributed by atoms with van der Waals surface area (Å²) in [5, 5.41) is 3.30. The van der Waals surface area contributed by atoms with Crippen LogP contribution in [0.25, 0.3) is 0 Å². The van der Waals surface area contributed by atoms with E-state index in [-0.39, 0.29) is 6.04 Å². The molecule has 19 heavy (non-hydrogen) atoms. The van der Waals surface area contributed by atoms with Crippen molar-refractivity contribution < 1.29 is 8.42 Å². The number of hydrogen-bond donors (Lipinski definition) is 2. The second kappa shape index (κ2) is 6.91. The first-order valence-electron chi connectivity index (χ1n) is 6.69. The molecule has 4 nitrogen and oxygen atoms in total.